The number of hydrogen-bond donors (Lipinski definition) is 1. The van der Waals surface area contributed by atoms with Gasteiger partial charge < -0.3 is 10.0 Å². The maximum atomic E-state index is 13.4. The molecule has 6 heteroatoms. The van der Waals surface area contributed by atoms with Crippen LogP contribution in [0.3, 0.4) is 0 Å². The van der Waals surface area contributed by atoms with Crippen LogP contribution in [-0.2, 0) is 12.1 Å². The molecular formula is C15H19BrFN3O. The number of aromatic nitrogens is 2. The highest BCUT2D eigenvalue weighted by Gasteiger charge is 2.32. The summed E-state index contributed by atoms with van der Waals surface area (Å²) in [6.45, 7) is 3.08. The topological polar surface area (TPSA) is 41.3 Å². The highest BCUT2D eigenvalue weighted by molar-refractivity contribution is 9.10. The molecule has 1 aromatic heterocycles. The standard InChI is InChI=1S/C15H19BrFN3O/c1-15(21,11-5-4-6-12(17)9-11)14-13(16)10-18-20(14)8-7-19(2)3/h4-6,9-10,21H,7-8H2,1-3H3. The fourth-order valence-electron chi connectivity index (χ4n) is 2.24. The summed E-state index contributed by atoms with van der Waals surface area (Å²) in [5.41, 5.74) is -0.214. The fraction of sp³-hybridized carbons (Fsp3) is 0.400. The SMILES string of the molecule is CN(C)CCn1ncc(Br)c1C(C)(O)c1cccc(F)c1. The maximum Gasteiger partial charge on any atom is 0.130 e. The van der Waals surface area contributed by atoms with Gasteiger partial charge in [0.2, 0.25) is 0 Å². The largest absolute Gasteiger partial charge is 0.379 e. The maximum absolute atomic E-state index is 13.4. The lowest BCUT2D eigenvalue weighted by atomic mass is 9.92. The predicted octanol–water partition coefficient (Wildman–Crippen LogP) is 2.60. The van der Waals surface area contributed by atoms with Crippen molar-refractivity contribution in [2.45, 2.75) is 19.1 Å². The van der Waals surface area contributed by atoms with E-state index in [1.807, 2.05) is 19.0 Å². The van der Waals surface area contributed by atoms with Crippen LogP contribution in [0.25, 0.3) is 0 Å². The van der Waals surface area contributed by atoms with E-state index in [9.17, 15) is 9.50 Å². The fourth-order valence-corrected chi connectivity index (χ4v) is 2.92. The first kappa shape index (κ1) is 16.1. The van der Waals surface area contributed by atoms with Gasteiger partial charge in [-0.1, -0.05) is 12.1 Å². The van der Waals surface area contributed by atoms with Gasteiger partial charge in [0.15, 0.2) is 0 Å². The average Bonchev–Trinajstić information content (AvgIpc) is 2.78. The lowest BCUT2D eigenvalue weighted by Crippen LogP contribution is -2.29. The van der Waals surface area contributed by atoms with E-state index in [1.54, 1.807) is 29.9 Å². The summed E-state index contributed by atoms with van der Waals surface area (Å²) in [6, 6.07) is 6.00. The molecule has 21 heavy (non-hydrogen) atoms. The Kier molecular flexibility index (Phi) is 4.81. The Morgan fingerprint density at radius 3 is 2.76 bits per heavy atom. The van der Waals surface area contributed by atoms with Gasteiger partial charge in [0.1, 0.15) is 11.4 Å². The highest BCUT2D eigenvalue weighted by Crippen LogP contribution is 2.34. The third kappa shape index (κ3) is 3.51. The highest BCUT2D eigenvalue weighted by atomic mass is 79.9. The van der Waals surface area contributed by atoms with E-state index >= 15 is 0 Å². The van der Waals surface area contributed by atoms with Crippen molar-refractivity contribution in [3.05, 3.63) is 52.0 Å². The van der Waals surface area contributed by atoms with Gasteiger partial charge in [-0.3, -0.25) is 4.68 Å². The first-order valence-corrected chi connectivity index (χ1v) is 7.46. The van der Waals surface area contributed by atoms with Crippen LogP contribution >= 0.6 is 15.9 Å². The third-order valence-corrected chi connectivity index (χ3v) is 3.98. The molecule has 0 radical (unpaired) electrons. The number of benzene rings is 1. The van der Waals surface area contributed by atoms with E-state index in [0.717, 1.165) is 6.54 Å². The van der Waals surface area contributed by atoms with E-state index in [1.165, 1.54) is 12.1 Å². The monoisotopic (exact) mass is 355 g/mol. The van der Waals surface area contributed by atoms with Crippen LogP contribution in [-0.4, -0.2) is 40.4 Å². The molecule has 2 rings (SSSR count). The molecule has 4 nitrogen and oxygen atoms in total. The van der Waals surface area contributed by atoms with Crippen molar-refractivity contribution in [1.29, 1.82) is 0 Å². The molecule has 1 N–H and O–H groups in total. The molecule has 114 valence electrons. The smallest absolute Gasteiger partial charge is 0.130 e. The summed E-state index contributed by atoms with van der Waals surface area (Å²) in [4.78, 5) is 2.04. The van der Waals surface area contributed by atoms with Gasteiger partial charge in [0.05, 0.1) is 22.9 Å². The van der Waals surface area contributed by atoms with Crippen molar-refractivity contribution in [3.63, 3.8) is 0 Å². The minimum absolute atomic E-state index is 0.372. The zero-order valence-corrected chi connectivity index (χ0v) is 13.9. The Bertz CT molecular complexity index is 625. The van der Waals surface area contributed by atoms with Crippen LogP contribution < -0.4 is 0 Å². The van der Waals surface area contributed by atoms with Crippen molar-refractivity contribution in [2.24, 2.45) is 0 Å². The molecule has 0 spiro atoms. The van der Waals surface area contributed by atoms with Gasteiger partial charge in [-0.2, -0.15) is 5.10 Å². The summed E-state index contributed by atoms with van der Waals surface area (Å²) in [7, 11) is 3.95. The van der Waals surface area contributed by atoms with Gasteiger partial charge >= 0.3 is 0 Å². The summed E-state index contributed by atoms with van der Waals surface area (Å²) in [5.74, 6) is -0.372. The molecule has 0 amide bonds. The van der Waals surface area contributed by atoms with Gasteiger partial charge in [-0.25, -0.2) is 4.39 Å². The Morgan fingerprint density at radius 2 is 2.14 bits per heavy atom. The van der Waals surface area contributed by atoms with E-state index in [0.29, 0.717) is 22.3 Å². The van der Waals surface area contributed by atoms with Crippen molar-refractivity contribution in [2.75, 3.05) is 20.6 Å². The van der Waals surface area contributed by atoms with E-state index in [2.05, 4.69) is 21.0 Å². The Labute approximate surface area is 132 Å². The zero-order valence-electron chi connectivity index (χ0n) is 12.3. The Balaban J connectivity index is 2.42. The second kappa shape index (κ2) is 6.25. The van der Waals surface area contributed by atoms with Crippen molar-refractivity contribution in [1.82, 2.24) is 14.7 Å². The zero-order chi connectivity index (χ0) is 15.6. The molecule has 0 saturated heterocycles. The number of aliphatic hydroxyl groups is 1. The molecule has 0 aliphatic carbocycles. The van der Waals surface area contributed by atoms with Crippen LogP contribution in [0.4, 0.5) is 4.39 Å². The Hall–Kier alpha value is -1.24. The second-order valence-electron chi connectivity index (χ2n) is 5.45. The van der Waals surface area contributed by atoms with Gasteiger partial charge in [0.25, 0.3) is 0 Å². The third-order valence-electron chi connectivity index (χ3n) is 3.40. The molecule has 2 aromatic rings. The van der Waals surface area contributed by atoms with Gasteiger partial charge in [0, 0.05) is 6.54 Å². The number of rotatable bonds is 5. The molecule has 0 saturated carbocycles. The van der Waals surface area contributed by atoms with Crippen LogP contribution in [0.2, 0.25) is 0 Å². The van der Waals surface area contributed by atoms with Crippen LogP contribution in [0.15, 0.2) is 34.9 Å². The lowest BCUT2D eigenvalue weighted by molar-refractivity contribution is 0.0897. The number of likely N-dealkylation sites (N-methyl/N-ethyl adjacent to an activating group) is 1. The first-order chi connectivity index (χ1) is 9.82. The van der Waals surface area contributed by atoms with Crippen molar-refractivity contribution >= 4 is 15.9 Å². The van der Waals surface area contributed by atoms with Gasteiger partial charge in [-0.15, -0.1) is 0 Å². The van der Waals surface area contributed by atoms with Crippen molar-refractivity contribution < 1.29 is 9.50 Å². The molecule has 0 fully saturated rings. The van der Waals surface area contributed by atoms with Crippen LogP contribution in [0, 0.1) is 5.82 Å². The molecule has 1 heterocycles. The van der Waals surface area contributed by atoms with Crippen LogP contribution in [0.5, 0.6) is 0 Å². The van der Waals surface area contributed by atoms with Gasteiger partial charge in [-0.05, 0) is 54.6 Å². The summed E-state index contributed by atoms with van der Waals surface area (Å²) >= 11 is 3.43. The molecule has 1 unspecified atom stereocenters. The lowest BCUT2D eigenvalue weighted by Gasteiger charge is -2.26. The summed E-state index contributed by atoms with van der Waals surface area (Å²) in [5, 5.41) is 15.2. The molecule has 0 aliphatic rings. The molecule has 1 aromatic carbocycles. The molecule has 0 bridgehead atoms. The molecule has 0 aliphatic heterocycles. The summed E-state index contributed by atoms with van der Waals surface area (Å²) in [6.07, 6.45) is 1.65. The summed E-state index contributed by atoms with van der Waals surface area (Å²) < 4.78 is 15.9. The second-order valence-corrected chi connectivity index (χ2v) is 6.30. The molecule has 1 atom stereocenters. The average molecular weight is 356 g/mol. The van der Waals surface area contributed by atoms with Crippen molar-refractivity contribution in [3.8, 4) is 0 Å². The van der Waals surface area contributed by atoms with Crippen LogP contribution in [0.1, 0.15) is 18.2 Å². The van der Waals surface area contributed by atoms with E-state index in [-0.39, 0.29) is 5.82 Å². The number of nitrogens with zero attached hydrogens (tertiary/aromatic N) is 3. The minimum atomic E-state index is -1.33. The van der Waals surface area contributed by atoms with E-state index < -0.39 is 5.60 Å². The normalized spacial score (nSPS) is 14.4. The quantitative estimate of drug-likeness (QED) is 0.896. The predicted molar refractivity (Wildman–Crippen MR) is 83.6 cm³/mol. The number of hydrogen-bond acceptors (Lipinski definition) is 3. The van der Waals surface area contributed by atoms with E-state index in [4.69, 9.17) is 0 Å². The molecular weight excluding hydrogens is 337 g/mol. The minimum Gasteiger partial charge on any atom is -0.379 e. The first-order valence-electron chi connectivity index (χ1n) is 6.67. The Morgan fingerprint density at radius 1 is 1.43 bits per heavy atom. The number of halogens is 2.